The molecule has 2 N–H and O–H groups in total. The van der Waals surface area contributed by atoms with E-state index in [1.165, 1.54) is 0 Å². The molecule has 8 heteroatoms. The van der Waals surface area contributed by atoms with Crippen LogP contribution >= 0.6 is 0 Å². The second kappa shape index (κ2) is 10.9. The molecule has 7 nitrogen and oxygen atoms in total. The maximum absolute atomic E-state index is 12.8. The van der Waals surface area contributed by atoms with Crippen LogP contribution in [0.1, 0.15) is 50.7 Å². The molecule has 0 saturated carbocycles. The highest BCUT2D eigenvalue weighted by atomic mass is 32.2. The molecule has 1 saturated heterocycles. The molecule has 0 aliphatic carbocycles. The van der Waals surface area contributed by atoms with Crippen LogP contribution in [0.15, 0.2) is 47.4 Å². The number of nitrogens with one attached hydrogen (secondary N) is 2. The van der Waals surface area contributed by atoms with Gasteiger partial charge in [0.25, 0.3) is 0 Å². The number of amides is 2. The molecular weight excluding hydrogens is 438 g/mol. The van der Waals surface area contributed by atoms with Gasteiger partial charge < -0.3 is 10.6 Å². The molecule has 1 aliphatic heterocycles. The highest BCUT2D eigenvalue weighted by Crippen LogP contribution is 2.23. The molecule has 0 aromatic heterocycles. The first-order chi connectivity index (χ1) is 15.7. The highest BCUT2D eigenvalue weighted by molar-refractivity contribution is 7.89. The van der Waals surface area contributed by atoms with Gasteiger partial charge in [0.15, 0.2) is 0 Å². The van der Waals surface area contributed by atoms with Crippen LogP contribution < -0.4 is 10.6 Å². The zero-order chi connectivity index (χ0) is 24.0. The van der Waals surface area contributed by atoms with Crippen molar-refractivity contribution < 1.29 is 18.0 Å². The Hall–Kier alpha value is -2.71. The van der Waals surface area contributed by atoms with Gasteiger partial charge in [-0.3, -0.25) is 9.59 Å². The van der Waals surface area contributed by atoms with Gasteiger partial charge >= 0.3 is 0 Å². The van der Waals surface area contributed by atoms with Crippen molar-refractivity contribution >= 4 is 33.2 Å². The summed E-state index contributed by atoms with van der Waals surface area (Å²) < 4.78 is 27.1. The van der Waals surface area contributed by atoms with Crippen LogP contribution in [0.3, 0.4) is 0 Å². The van der Waals surface area contributed by atoms with Crippen molar-refractivity contribution in [3.8, 4) is 0 Å². The Balaban J connectivity index is 1.57. The summed E-state index contributed by atoms with van der Waals surface area (Å²) in [6.45, 7) is 6.69. The lowest BCUT2D eigenvalue weighted by molar-refractivity contribution is -0.119. The maximum atomic E-state index is 12.8. The standard InChI is InChI=1S/C25H33N3O4S/c1-18(2)25(30)26-21-11-7-19(3)23(17-21)27-24(29)14-10-20-8-12-22(13-9-20)33(31,32)28-15-5-4-6-16-28/h7-9,11-13,17-18H,4-6,10,14-16H2,1-3H3,(H,26,30)(H,27,29). The molecule has 0 bridgehead atoms. The molecule has 2 amide bonds. The van der Waals surface area contributed by atoms with Crippen molar-refractivity contribution in [3.63, 3.8) is 0 Å². The monoisotopic (exact) mass is 471 g/mol. The summed E-state index contributed by atoms with van der Waals surface area (Å²) in [5.74, 6) is -0.358. The smallest absolute Gasteiger partial charge is 0.243 e. The lowest BCUT2D eigenvalue weighted by atomic mass is 10.1. The average Bonchev–Trinajstić information content (AvgIpc) is 2.80. The third-order valence-corrected chi connectivity index (χ3v) is 7.73. The molecule has 2 aromatic rings. The third kappa shape index (κ3) is 6.65. The number of piperidine rings is 1. The molecule has 3 rings (SSSR count). The summed E-state index contributed by atoms with van der Waals surface area (Å²) in [4.78, 5) is 24.7. The summed E-state index contributed by atoms with van der Waals surface area (Å²) >= 11 is 0. The topological polar surface area (TPSA) is 95.6 Å². The third-order valence-electron chi connectivity index (χ3n) is 5.82. The number of benzene rings is 2. The molecule has 0 radical (unpaired) electrons. The molecule has 1 fully saturated rings. The van der Waals surface area contributed by atoms with E-state index in [1.54, 1.807) is 34.6 Å². The van der Waals surface area contributed by atoms with Crippen molar-refractivity contribution in [1.29, 1.82) is 0 Å². The Morgan fingerprint density at radius 3 is 2.27 bits per heavy atom. The number of carbonyl (C=O) groups excluding carboxylic acids is 2. The minimum atomic E-state index is -3.45. The first kappa shape index (κ1) is 24.9. The number of rotatable bonds is 8. The molecule has 0 atom stereocenters. The number of sulfonamides is 1. The van der Waals surface area contributed by atoms with E-state index in [2.05, 4.69) is 10.6 Å². The van der Waals surface area contributed by atoms with Gasteiger partial charge in [-0.15, -0.1) is 0 Å². The zero-order valence-electron chi connectivity index (χ0n) is 19.6. The number of aryl methyl sites for hydroxylation is 2. The maximum Gasteiger partial charge on any atom is 0.243 e. The molecule has 1 aliphatic rings. The van der Waals surface area contributed by atoms with Gasteiger partial charge in [-0.2, -0.15) is 4.31 Å². The summed E-state index contributed by atoms with van der Waals surface area (Å²) in [6, 6.07) is 12.2. The van der Waals surface area contributed by atoms with E-state index in [0.29, 0.717) is 35.8 Å². The summed E-state index contributed by atoms with van der Waals surface area (Å²) in [5.41, 5.74) is 3.10. The van der Waals surface area contributed by atoms with Crippen molar-refractivity contribution in [2.45, 2.75) is 57.8 Å². The van der Waals surface area contributed by atoms with Crippen LogP contribution in [0.4, 0.5) is 11.4 Å². The SMILES string of the molecule is Cc1ccc(NC(=O)C(C)C)cc1NC(=O)CCc1ccc(S(=O)(=O)N2CCCCC2)cc1. The van der Waals surface area contributed by atoms with Crippen LogP contribution in [0.25, 0.3) is 0 Å². The molecular formula is C25H33N3O4S. The Kier molecular flexibility index (Phi) is 8.26. The fourth-order valence-electron chi connectivity index (χ4n) is 3.67. The van der Waals surface area contributed by atoms with E-state index in [9.17, 15) is 18.0 Å². The van der Waals surface area contributed by atoms with Crippen LogP contribution in [-0.4, -0.2) is 37.6 Å². The predicted octanol–water partition coefficient (Wildman–Crippen LogP) is 4.34. The van der Waals surface area contributed by atoms with E-state index in [1.807, 2.05) is 32.9 Å². The van der Waals surface area contributed by atoms with Crippen molar-refractivity contribution in [2.24, 2.45) is 5.92 Å². The van der Waals surface area contributed by atoms with E-state index in [0.717, 1.165) is 30.4 Å². The van der Waals surface area contributed by atoms with Crippen LogP contribution in [0.2, 0.25) is 0 Å². The zero-order valence-corrected chi connectivity index (χ0v) is 20.4. The van der Waals surface area contributed by atoms with Gasteiger partial charge in [0.1, 0.15) is 0 Å². The van der Waals surface area contributed by atoms with Crippen molar-refractivity contribution in [3.05, 3.63) is 53.6 Å². The summed E-state index contributed by atoms with van der Waals surface area (Å²) in [7, 11) is -3.45. The minimum Gasteiger partial charge on any atom is -0.326 e. The van der Waals surface area contributed by atoms with Crippen LogP contribution in [0, 0.1) is 12.8 Å². The summed E-state index contributed by atoms with van der Waals surface area (Å²) in [6.07, 6.45) is 3.64. The van der Waals surface area contributed by atoms with Crippen molar-refractivity contribution in [2.75, 3.05) is 23.7 Å². The second-order valence-electron chi connectivity index (χ2n) is 8.83. The van der Waals surface area contributed by atoms with Gasteiger partial charge in [-0.05, 0) is 61.6 Å². The lowest BCUT2D eigenvalue weighted by Gasteiger charge is -2.25. The normalized spacial score (nSPS) is 14.8. The van der Waals surface area contributed by atoms with Gasteiger partial charge in [-0.25, -0.2) is 8.42 Å². The van der Waals surface area contributed by atoms with Gasteiger partial charge in [0.2, 0.25) is 21.8 Å². The number of carbonyl (C=O) groups is 2. The Morgan fingerprint density at radius 2 is 1.64 bits per heavy atom. The van der Waals surface area contributed by atoms with E-state index in [-0.39, 0.29) is 24.2 Å². The van der Waals surface area contributed by atoms with Gasteiger partial charge in [0.05, 0.1) is 4.90 Å². The van der Waals surface area contributed by atoms with Crippen LogP contribution in [-0.2, 0) is 26.0 Å². The van der Waals surface area contributed by atoms with Crippen LogP contribution in [0.5, 0.6) is 0 Å². The molecule has 0 spiro atoms. The number of nitrogens with zero attached hydrogens (tertiary/aromatic N) is 1. The Morgan fingerprint density at radius 1 is 0.970 bits per heavy atom. The van der Waals surface area contributed by atoms with E-state index in [4.69, 9.17) is 0 Å². The second-order valence-corrected chi connectivity index (χ2v) is 10.8. The van der Waals surface area contributed by atoms with Crippen molar-refractivity contribution in [1.82, 2.24) is 4.31 Å². The quantitative estimate of drug-likeness (QED) is 0.599. The molecule has 2 aromatic carbocycles. The average molecular weight is 472 g/mol. The number of hydrogen-bond acceptors (Lipinski definition) is 4. The lowest BCUT2D eigenvalue weighted by Crippen LogP contribution is -2.35. The van der Waals surface area contributed by atoms with Gasteiger partial charge in [0, 0.05) is 36.8 Å². The Bertz CT molecular complexity index is 1090. The Labute approximate surface area is 196 Å². The van der Waals surface area contributed by atoms with Gasteiger partial charge in [-0.1, -0.05) is 38.5 Å². The fraction of sp³-hybridized carbons (Fsp3) is 0.440. The summed E-state index contributed by atoms with van der Waals surface area (Å²) in [5, 5.41) is 5.75. The molecule has 0 unspecified atom stereocenters. The highest BCUT2D eigenvalue weighted by Gasteiger charge is 2.25. The first-order valence-electron chi connectivity index (χ1n) is 11.5. The predicted molar refractivity (Wildman–Crippen MR) is 131 cm³/mol. The molecule has 1 heterocycles. The fourth-order valence-corrected chi connectivity index (χ4v) is 5.19. The number of anilines is 2. The molecule has 33 heavy (non-hydrogen) atoms. The van der Waals surface area contributed by atoms with E-state index < -0.39 is 10.0 Å². The largest absolute Gasteiger partial charge is 0.326 e. The molecule has 178 valence electrons. The van der Waals surface area contributed by atoms with E-state index >= 15 is 0 Å². The first-order valence-corrected chi connectivity index (χ1v) is 12.9. The number of hydrogen-bond donors (Lipinski definition) is 2. The minimum absolute atomic E-state index is 0.0816.